The molecule has 7 heteroatoms. The average Bonchev–Trinajstić information content (AvgIpc) is 2.92. The first kappa shape index (κ1) is 15.5. The molecule has 0 bridgehead atoms. The first-order valence-electron chi connectivity index (χ1n) is 6.21. The van der Waals surface area contributed by atoms with Crippen molar-refractivity contribution in [1.29, 1.82) is 0 Å². The number of rotatable bonds is 4. The molecule has 1 aromatic carbocycles. The number of benzene rings is 1. The van der Waals surface area contributed by atoms with Crippen molar-refractivity contribution in [2.75, 3.05) is 6.54 Å². The lowest BCUT2D eigenvalue weighted by Crippen LogP contribution is -2.27. The molecule has 1 amide bonds. The second-order valence-electron chi connectivity index (χ2n) is 5.82. The summed E-state index contributed by atoms with van der Waals surface area (Å²) in [7, 11) is -3.83. The Hall–Kier alpha value is -0.920. The van der Waals surface area contributed by atoms with Gasteiger partial charge in [-0.15, -0.1) is 0 Å². The Kier molecular flexibility index (Phi) is 3.96. The highest BCUT2D eigenvalue weighted by molar-refractivity contribution is 9.10. The van der Waals surface area contributed by atoms with Gasteiger partial charge in [0.05, 0.1) is 4.90 Å². The van der Waals surface area contributed by atoms with Crippen molar-refractivity contribution in [1.82, 2.24) is 5.32 Å². The summed E-state index contributed by atoms with van der Waals surface area (Å²) >= 11 is 3.18. The maximum Gasteiger partial charge on any atom is 0.251 e. The highest BCUT2D eigenvalue weighted by Crippen LogP contribution is 2.50. The molecule has 1 saturated carbocycles. The Morgan fingerprint density at radius 1 is 1.45 bits per heavy atom. The number of sulfonamides is 1. The molecule has 0 heterocycles. The van der Waals surface area contributed by atoms with Crippen LogP contribution in [0.25, 0.3) is 0 Å². The molecule has 2 rings (SSSR count). The van der Waals surface area contributed by atoms with E-state index < -0.39 is 10.0 Å². The molecule has 0 aromatic heterocycles. The molecule has 0 radical (unpaired) electrons. The zero-order valence-corrected chi connectivity index (χ0v) is 13.7. The summed E-state index contributed by atoms with van der Waals surface area (Å²) in [5.74, 6) is 0.190. The second-order valence-corrected chi connectivity index (χ2v) is 8.30. The lowest BCUT2D eigenvalue weighted by atomic mass is 10.1. The van der Waals surface area contributed by atoms with Crippen molar-refractivity contribution in [3.8, 4) is 0 Å². The molecule has 1 aromatic rings. The van der Waals surface area contributed by atoms with Crippen molar-refractivity contribution in [3.63, 3.8) is 0 Å². The van der Waals surface area contributed by atoms with E-state index >= 15 is 0 Å². The molecule has 1 fully saturated rings. The molecule has 0 saturated heterocycles. The highest BCUT2D eigenvalue weighted by Gasteiger charge is 2.45. The zero-order valence-electron chi connectivity index (χ0n) is 11.3. The molecule has 0 spiro atoms. The number of nitrogens with two attached hydrogens (primary N) is 1. The Morgan fingerprint density at radius 3 is 2.55 bits per heavy atom. The normalized spacial score (nSPS) is 20.5. The van der Waals surface area contributed by atoms with Crippen LogP contribution in [0.5, 0.6) is 0 Å². The van der Waals surface area contributed by atoms with Crippen molar-refractivity contribution < 1.29 is 13.2 Å². The predicted molar refractivity (Wildman–Crippen MR) is 79.7 cm³/mol. The van der Waals surface area contributed by atoms with E-state index in [4.69, 9.17) is 5.14 Å². The standard InChI is InChI=1S/C13H17BrN2O3S/c1-13(2)6-9(13)7-16-12(17)8-3-10(14)5-11(4-8)20(15,18)19/h3-5,9H,6-7H2,1-2H3,(H,16,17)(H2,15,18,19). The molecule has 1 unspecified atom stereocenters. The highest BCUT2D eigenvalue weighted by atomic mass is 79.9. The van der Waals surface area contributed by atoms with E-state index in [1.807, 2.05) is 0 Å². The number of hydrogen-bond donors (Lipinski definition) is 2. The first-order valence-corrected chi connectivity index (χ1v) is 8.55. The van der Waals surface area contributed by atoms with Gasteiger partial charge >= 0.3 is 0 Å². The molecule has 5 nitrogen and oxygen atoms in total. The maximum atomic E-state index is 12.1. The molecule has 0 aliphatic heterocycles. The number of halogens is 1. The smallest absolute Gasteiger partial charge is 0.251 e. The van der Waals surface area contributed by atoms with Gasteiger partial charge in [-0.05, 0) is 36.0 Å². The van der Waals surface area contributed by atoms with Crippen LogP contribution >= 0.6 is 15.9 Å². The molecule has 1 aliphatic carbocycles. The van der Waals surface area contributed by atoms with Crippen molar-refractivity contribution in [3.05, 3.63) is 28.2 Å². The molecule has 3 N–H and O–H groups in total. The Balaban J connectivity index is 2.12. The van der Waals surface area contributed by atoms with Crippen molar-refractivity contribution in [2.45, 2.75) is 25.2 Å². The van der Waals surface area contributed by atoms with E-state index in [9.17, 15) is 13.2 Å². The van der Waals surface area contributed by atoms with E-state index in [-0.39, 0.29) is 21.8 Å². The van der Waals surface area contributed by atoms with E-state index in [0.717, 1.165) is 6.42 Å². The van der Waals surface area contributed by atoms with Crippen LogP contribution in [0.3, 0.4) is 0 Å². The van der Waals surface area contributed by atoms with E-state index in [0.29, 0.717) is 16.9 Å². The van der Waals surface area contributed by atoms with Crippen LogP contribution in [0.4, 0.5) is 0 Å². The van der Waals surface area contributed by atoms with Gasteiger partial charge in [0.2, 0.25) is 10.0 Å². The van der Waals surface area contributed by atoms with Gasteiger partial charge in [0.15, 0.2) is 0 Å². The van der Waals surface area contributed by atoms with E-state index in [1.54, 1.807) is 6.07 Å². The number of carbonyl (C=O) groups excluding carboxylic acids is 1. The molecule has 1 aliphatic rings. The summed E-state index contributed by atoms with van der Waals surface area (Å²) < 4.78 is 23.2. The minimum Gasteiger partial charge on any atom is -0.352 e. The fraction of sp³-hybridized carbons (Fsp3) is 0.462. The third kappa shape index (κ3) is 3.59. The van der Waals surface area contributed by atoms with Gasteiger partial charge in [-0.25, -0.2) is 13.6 Å². The summed E-state index contributed by atoms with van der Waals surface area (Å²) in [4.78, 5) is 12.0. The summed E-state index contributed by atoms with van der Waals surface area (Å²) in [5.41, 5.74) is 0.568. The van der Waals surface area contributed by atoms with E-state index in [1.165, 1.54) is 12.1 Å². The largest absolute Gasteiger partial charge is 0.352 e. The number of carbonyl (C=O) groups is 1. The quantitative estimate of drug-likeness (QED) is 0.858. The summed E-state index contributed by atoms with van der Waals surface area (Å²) in [6, 6.07) is 4.23. The van der Waals surface area contributed by atoms with Gasteiger partial charge in [-0.2, -0.15) is 0 Å². The fourth-order valence-corrected chi connectivity index (χ4v) is 3.33. The van der Waals surface area contributed by atoms with Gasteiger partial charge in [-0.1, -0.05) is 29.8 Å². The predicted octanol–water partition coefficient (Wildman–Crippen LogP) is 1.87. The summed E-state index contributed by atoms with van der Waals surface area (Å²) in [6.45, 7) is 4.91. The maximum absolute atomic E-state index is 12.1. The van der Waals surface area contributed by atoms with Crippen LogP contribution in [0, 0.1) is 11.3 Å². The van der Waals surface area contributed by atoms with Gasteiger partial charge in [-0.3, -0.25) is 4.79 Å². The number of primary sulfonamides is 1. The molecular formula is C13H17BrN2O3S. The number of nitrogens with one attached hydrogen (secondary N) is 1. The lowest BCUT2D eigenvalue weighted by molar-refractivity contribution is 0.0950. The topological polar surface area (TPSA) is 89.3 Å². The third-order valence-electron chi connectivity index (χ3n) is 3.69. The molecule has 1 atom stereocenters. The second kappa shape index (κ2) is 5.13. The summed E-state index contributed by atoms with van der Waals surface area (Å²) in [6.07, 6.45) is 1.09. The lowest BCUT2D eigenvalue weighted by Gasteiger charge is -2.08. The Morgan fingerprint density at radius 2 is 2.05 bits per heavy atom. The van der Waals surface area contributed by atoms with Gasteiger partial charge in [0, 0.05) is 16.6 Å². The van der Waals surface area contributed by atoms with Gasteiger partial charge in [0.1, 0.15) is 0 Å². The minimum absolute atomic E-state index is 0.0798. The number of amides is 1. The minimum atomic E-state index is -3.83. The molecule has 20 heavy (non-hydrogen) atoms. The SMILES string of the molecule is CC1(C)CC1CNC(=O)c1cc(Br)cc(S(N)(=O)=O)c1. The van der Waals surface area contributed by atoms with Crippen molar-refractivity contribution in [2.24, 2.45) is 16.5 Å². The number of hydrogen-bond acceptors (Lipinski definition) is 3. The fourth-order valence-electron chi connectivity index (χ4n) is 2.10. The average molecular weight is 361 g/mol. The third-order valence-corrected chi connectivity index (χ3v) is 5.04. The molecular weight excluding hydrogens is 344 g/mol. The van der Waals surface area contributed by atoms with Crippen LogP contribution in [-0.4, -0.2) is 20.9 Å². The van der Waals surface area contributed by atoms with Crippen LogP contribution in [0.1, 0.15) is 30.6 Å². The summed E-state index contributed by atoms with van der Waals surface area (Å²) in [5, 5.41) is 7.91. The zero-order chi connectivity index (χ0) is 15.1. The monoisotopic (exact) mass is 360 g/mol. The van der Waals surface area contributed by atoms with Gasteiger partial charge < -0.3 is 5.32 Å². The van der Waals surface area contributed by atoms with E-state index in [2.05, 4.69) is 35.1 Å². The Bertz CT molecular complexity index is 656. The Labute approximate surface area is 127 Å². The van der Waals surface area contributed by atoms with Crippen LogP contribution in [0.2, 0.25) is 0 Å². The van der Waals surface area contributed by atoms with Gasteiger partial charge in [0.25, 0.3) is 5.91 Å². The molecule has 110 valence electrons. The van der Waals surface area contributed by atoms with Crippen LogP contribution < -0.4 is 10.5 Å². The van der Waals surface area contributed by atoms with Crippen LogP contribution in [-0.2, 0) is 10.0 Å². The van der Waals surface area contributed by atoms with Crippen LogP contribution in [0.15, 0.2) is 27.6 Å². The first-order chi connectivity index (χ1) is 9.09. The van der Waals surface area contributed by atoms with Crippen molar-refractivity contribution >= 4 is 31.9 Å².